The molecule has 1 saturated heterocycles. The van der Waals surface area contributed by atoms with E-state index in [0.29, 0.717) is 6.04 Å². The SMILES string of the molecule is COC(C(=O)N1CCC(n2cncc2C)CC1)c1cnn(C)c1. The summed E-state index contributed by atoms with van der Waals surface area (Å²) in [6.45, 7) is 3.54. The topological polar surface area (TPSA) is 65.2 Å². The van der Waals surface area contributed by atoms with Gasteiger partial charge in [-0.2, -0.15) is 5.10 Å². The van der Waals surface area contributed by atoms with E-state index in [1.165, 1.54) is 5.69 Å². The largest absolute Gasteiger partial charge is 0.367 e. The first-order valence-electron chi connectivity index (χ1n) is 7.88. The summed E-state index contributed by atoms with van der Waals surface area (Å²) >= 11 is 0. The maximum Gasteiger partial charge on any atom is 0.256 e. The van der Waals surface area contributed by atoms with Crippen LogP contribution in [0.5, 0.6) is 0 Å². The molecule has 0 spiro atoms. The van der Waals surface area contributed by atoms with Crippen LogP contribution in [0.3, 0.4) is 0 Å². The lowest BCUT2D eigenvalue weighted by molar-refractivity contribution is -0.143. The zero-order valence-electron chi connectivity index (χ0n) is 13.8. The van der Waals surface area contributed by atoms with Gasteiger partial charge in [-0.25, -0.2) is 4.98 Å². The Balaban J connectivity index is 1.64. The number of aromatic nitrogens is 4. The van der Waals surface area contributed by atoms with E-state index in [2.05, 4.69) is 21.6 Å². The van der Waals surface area contributed by atoms with E-state index in [0.717, 1.165) is 31.5 Å². The van der Waals surface area contributed by atoms with Crippen molar-refractivity contribution >= 4 is 5.91 Å². The molecular weight excluding hydrogens is 294 g/mol. The van der Waals surface area contributed by atoms with Crippen molar-refractivity contribution in [2.45, 2.75) is 31.9 Å². The fourth-order valence-electron chi connectivity index (χ4n) is 3.24. The number of rotatable bonds is 4. The minimum absolute atomic E-state index is 0.0151. The highest BCUT2D eigenvalue weighted by molar-refractivity contribution is 5.82. The molecule has 1 aliphatic rings. The van der Waals surface area contributed by atoms with Gasteiger partial charge in [0.25, 0.3) is 5.91 Å². The summed E-state index contributed by atoms with van der Waals surface area (Å²) in [5.41, 5.74) is 1.97. The van der Waals surface area contributed by atoms with Gasteiger partial charge in [0, 0.05) is 56.9 Å². The molecule has 1 amide bonds. The summed E-state index contributed by atoms with van der Waals surface area (Å²) in [7, 11) is 3.40. The van der Waals surface area contributed by atoms with Gasteiger partial charge in [0.15, 0.2) is 6.10 Å². The molecule has 23 heavy (non-hydrogen) atoms. The number of imidazole rings is 1. The molecule has 0 aliphatic carbocycles. The minimum atomic E-state index is -0.574. The highest BCUT2D eigenvalue weighted by atomic mass is 16.5. The number of nitrogens with zero attached hydrogens (tertiary/aromatic N) is 5. The van der Waals surface area contributed by atoms with Crippen molar-refractivity contribution in [2.75, 3.05) is 20.2 Å². The summed E-state index contributed by atoms with van der Waals surface area (Å²) in [6, 6.07) is 0.418. The first-order valence-corrected chi connectivity index (χ1v) is 7.88. The monoisotopic (exact) mass is 317 g/mol. The van der Waals surface area contributed by atoms with Crippen LogP contribution in [0.15, 0.2) is 24.9 Å². The molecule has 7 nitrogen and oxygen atoms in total. The Morgan fingerprint density at radius 3 is 2.61 bits per heavy atom. The van der Waals surface area contributed by atoms with Gasteiger partial charge in [0.05, 0.1) is 12.5 Å². The number of likely N-dealkylation sites (tertiary alicyclic amines) is 1. The third-order valence-corrected chi connectivity index (χ3v) is 4.52. The Morgan fingerprint density at radius 1 is 1.35 bits per heavy atom. The van der Waals surface area contributed by atoms with Crippen molar-refractivity contribution in [3.05, 3.63) is 36.2 Å². The molecule has 0 radical (unpaired) electrons. The van der Waals surface area contributed by atoms with Crippen LogP contribution in [-0.4, -0.2) is 50.3 Å². The molecule has 0 N–H and O–H groups in total. The van der Waals surface area contributed by atoms with Gasteiger partial charge < -0.3 is 14.2 Å². The van der Waals surface area contributed by atoms with E-state index in [9.17, 15) is 4.79 Å². The fourth-order valence-corrected chi connectivity index (χ4v) is 3.24. The second-order valence-corrected chi connectivity index (χ2v) is 6.06. The smallest absolute Gasteiger partial charge is 0.256 e. The third-order valence-electron chi connectivity index (χ3n) is 4.52. The molecule has 1 atom stereocenters. The Bertz CT molecular complexity index is 670. The van der Waals surface area contributed by atoms with E-state index < -0.39 is 6.10 Å². The normalized spacial score (nSPS) is 17.4. The Hall–Kier alpha value is -2.15. The Kier molecular flexibility index (Phi) is 4.47. The van der Waals surface area contributed by atoms with Crippen LogP contribution < -0.4 is 0 Å². The predicted octanol–water partition coefficient (Wildman–Crippen LogP) is 1.48. The quantitative estimate of drug-likeness (QED) is 0.857. The van der Waals surface area contributed by atoms with Gasteiger partial charge in [-0.3, -0.25) is 9.48 Å². The number of carbonyl (C=O) groups excluding carboxylic acids is 1. The zero-order chi connectivity index (χ0) is 16.4. The maximum atomic E-state index is 12.7. The second-order valence-electron chi connectivity index (χ2n) is 6.06. The van der Waals surface area contributed by atoms with Gasteiger partial charge in [0.1, 0.15) is 0 Å². The van der Waals surface area contributed by atoms with Crippen molar-refractivity contribution in [3.8, 4) is 0 Å². The first kappa shape index (κ1) is 15.7. The molecule has 2 aromatic rings. The first-order chi connectivity index (χ1) is 11.1. The number of piperidine rings is 1. The standard InChI is InChI=1S/C16H23N5O2/c1-12-8-17-11-21(12)14-4-6-20(7-5-14)16(22)15(23-3)13-9-18-19(2)10-13/h8-11,14-15H,4-7H2,1-3H3. The van der Waals surface area contributed by atoms with E-state index in [4.69, 9.17) is 4.74 Å². The van der Waals surface area contributed by atoms with E-state index in [1.54, 1.807) is 18.0 Å². The molecule has 0 aromatic carbocycles. The Morgan fingerprint density at radius 2 is 2.09 bits per heavy atom. The lowest BCUT2D eigenvalue weighted by Gasteiger charge is -2.34. The molecule has 7 heteroatoms. The van der Waals surface area contributed by atoms with E-state index in [1.807, 2.05) is 30.7 Å². The summed E-state index contributed by atoms with van der Waals surface area (Å²) in [4.78, 5) is 18.8. The minimum Gasteiger partial charge on any atom is -0.367 e. The highest BCUT2D eigenvalue weighted by Crippen LogP contribution is 2.27. The lowest BCUT2D eigenvalue weighted by atomic mass is 10.0. The molecule has 1 fully saturated rings. The van der Waals surface area contributed by atoms with Crippen molar-refractivity contribution < 1.29 is 9.53 Å². The van der Waals surface area contributed by atoms with Gasteiger partial charge in [-0.1, -0.05) is 0 Å². The summed E-state index contributed by atoms with van der Waals surface area (Å²) in [5.74, 6) is 0.0151. The number of ether oxygens (including phenoxy) is 1. The van der Waals surface area contributed by atoms with Crippen LogP contribution in [-0.2, 0) is 16.6 Å². The Labute approximate surface area is 135 Å². The van der Waals surface area contributed by atoms with Gasteiger partial charge in [-0.05, 0) is 19.8 Å². The average molecular weight is 317 g/mol. The van der Waals surface area contributed by atoms with Crippen LogP contribution in [0.4, 0.5) is 0 Å². The molecule has 0 saturated carbocycles. The van der Waals surface area contributed by atoms with Gasteiger partial charge in [0.2, 0.25) is 0 Å². The molecule has 0 bridgehead atoms. The molecule has 1 unspecified atom stereocenters. The van der Waals surface area contributed by atoms with Crippen molar-refractivity contribution in [1.82, 2.24) is 24.2 Å². The average Bonchev–Trinajstić information content (AvgIpc) is 3.17. The number of hydrogen-bond acceptors (Lipinski definition) is 4. The third kappa shape index (κ3) is 3.14. The molecule has 2 aromatic heterocycles. The molecule has 3 heterocycles. The molecule has 3 rings (SSSR count). The second kappa shape index (κ2) is 6.54. The van der Waals surface area contributed by atoms with Crippen LogP contribution >= 0.6 is 0 Å². The number of carbonyl (C=O) groups is 1. The summed E-state index contributed by atoms with van der Waals surface area (Å²) in [6.07, 6.45) is 8.57. The summed E-state index contributed by atoms with van der Waals surface area (Å²) < 4.78 is 9.31. The van der Waals surface area contributed by atoms with Crippen LogP contribution in [0.25, 0.3) is 0 Å². The van der Waals surface area contributed by atoms with E-state index in [-0.39, 0.29) is 5.91 Å². The van der Waals surface area contributed by atoms with Crippen molar-refractivity contribution in [1.29, 1.82) is 0 Å². The number of aryl methyl sites for hydroxylation is 2. The van der Waals surface area contributed by atoms with Crippen LogP contribution in [0.1, 0.15) is 36.2 Å². The number of hydrogen-bond donors (Lipinski definition) is 0. The summed E-state index contributed by atoms with van der Waals surface area (Å²) in [5, 5.41) is 4.12. The van der Waals surface area contributed by atoms with Crippen LogP contribution in [0, 0.1) is 6.92 Å². The lowest BCUT2D eigenvalue weighted by Crippen LogP contribution is -2.42. The molecular formula is C16H23N5O2. The van der Waals surface area contributed by atoms with Crippen molar-refractivity contribution in [2.24, 2.45) is 7.05 Å². The fraction of sp³-hybridized carbons (Fsp3) is 0.562. The highest BCUT2D eigenvalue weighted by Gasteiger charge is 2.30. The van der Waals surface area contributed by atoms with Crippen LogP contribution in [0.2, 0.25) is 0 Å². The van der Waals surface area contributed by atoms with Crippen molar-refractivity contribution in [3.63, 3.8) is 0 Å². The molecule has 1 aliphatic heterocycles. The predicted molar refractivity (Wildman–Crippen MR) is 84.8 cm³/mol. The zero-order valence-corrected chi connectivity index (χ0v) is 13.8. The number of methoxy groups -OCH3 is 1. The maximum absolute atomic E-state index is 12.7. The van der Waals surface area contributed by atoms with Gasteiger partial charge >= 0.3 is 0 Å². The molecule has 124 valence electrons. The van der Waals surface area contributed by atoms with Gasteiger partial charge in [-0.15, -0.1) is 0 Å². The number of amides is 1. The van der Waals surface area contributed by atoms with E-state index >= 15 is 0 Å².